The van der Waals surface area contributed by atoms with Crippen molar-refractivity contribution in [2.75, 3.05) is 31.6 Å². The number of nitrogens with one attached hydrogen (secondary N) is 4. The highest BCUT2D eigenvalue weighted by molar-refractivity contribution is 5.93. The molecule has 1 aromatic carbocycles. The van der Waals surface area contributed by atoms with Gasteiger partial charge in [0.15, 0.2) is 5.82 Å². The van der Waals surface area contributed by atoms with Crippen LogP contribution in [0.15, 0.2) is 36.5 Å². The number of morpholine rings is 1. The third kappa shape index (κ3) is 7.13. The molecule has 1 aliphatic carbocycles. The summed E-state index contributed by atoms with van der Waals surface area (Å²) in [5.74, 6) is -1.86. The van der Waals surface area contributed by atoms with Gasteiger partial charge in [-0.3, -0.25) is 10.00 Å². The van der Waals surface area contributed by atoms with Gasteiger partial charge >= 0.3 is 18.0 Å². The van der Waals surface area contributed by atoms with Gasteiger partial charge in [0, 0.05) is 37.8 Å². The molecule has 13 nitrogen and oxygen atoms in total. The van der Waals surface area contributed by atoms with E-state index in [1.165, 1.54) is 5.56 Å². The second kappa shape index (κ2) is 11.5. The van der Waals surface area contributed by atoms with Gasteiger partial charge in [-0.25, -0.2) is 19.4 Å². The number of hydrogen-bond donors (Lipinski definition) is 6. The molecule has 6 N–H and O–H groups in total. The first-order valence-corrected chi connectivity index (χ1v) is 11.4. The number of aromatic amines is 2. The van der Waals surface area contributed by atoms with Crippen LogP contribution < -0.4 is 10.6 Å². The highest BCUT2D eigenvalue weighted by Gasteiger charge is 2.24. The second-order valence-corrected chi connectivity index (χ2v) is 8.37. The van der Waals surface area contributed by atoms with E-state index in [-0.39, 0.29) is 6.03 Å². The number of anilines is 1. The van der Waals surface area contributed by atoms with Crippen LogP contribution in [0.2, 0.25) is 0 Å². The molecule has 190 valence electrons. The van der Waals surface area contributed by atoms with Gasteiger partial charge in [-0.1, -0.05) is 6.07 Å². The molecule has 36 heavy (non-hydrogen) atoms. The number of carboxylic acid groups (broad SMARTS) is 2. The van der Waals surface area contributed by atoms with Crippen LogP contribution >= 0.6 is 0 Å². The molecule has 3 aromatic rings. The van der Waals surface area contributed by atoms with E-state index < -0.39 is 11.9 Å². The maximum absolute atomic E-state index is 12.0. The Labute approximate surface area is 205 Å². The Balaban J connectivity index is 0.000000331. The summed E-state index contributed by atoms with van der Waals surface area (Å²) >= 11 is 0. The second-order valence-electron chi connectivity index (χ2n) is 8.37. The number of fused-ring (bicyclic) bond motifs is 1. The summed E-state index contributed by atoms with van der Waals surface area (Å²) in [4.78, 5) is 41.5. The molecule has 13 heteroatoms. The van der Waals surface area contributed by atoms with Gasteiger partial charge in [-0.05, 0) is 30.5 Å². The number of aromatic nitrogens is 4. The van der Waals surface area contributed by atoms with Crippen LogP contribution in [0.1, 0.15) is 18.4 Å². The maximum atomic E-state index is 12.0. The topological polar surface area (TPSA) is 186 Å². The predicted octanol–water partition coefficient (Wildman–Crippen LogP) is 1.78. The molecule has 2 aromatic heterocycles. The Kier molecular flexibility index (Phi) is 7.92. The summed E-state index contributed by atoms with van der Waals surface area (Å²) in [5, 5.41) is 28.4. The van der Waals surface area contributed by atoms with Crippen molar-refractivity contribution < 1.29 is 29.3 Å². The van der Waals surface area contributed by atoms with E-state index in [0.29, 0.717) is 35.4 Å². The number of carbonyl (C=O) groups is 3. The summed E-state index contributed by atoms with van der Waals surface area (Å²) in [5.41, 5.74) is 4.34. The summed E-state index contributed by atoms with van der Waals surface area (Å²) in [7, 11) is 0. The lowest BCUT2D eigenvalue weighted by atomic mass is 10.2. The smallest absolute Gasteiger partial charge is 0.328 e. The summed E-state index contributed by atoms with van der Waals surface area (Å²) < 4.78 is 5.41. The van der Waals surface area contributed by atoms with Gasteiger partial charge in [0.2, 0.25) is 0 Å². The minimum atomic E-state index is -1.26. The zero-order valence-electron chi connectivity index (χ0n) is 19.4. The van der Waals surface area contributed by atoms with Crippen molar-refractivity contribution in [3.63, 3.8) is 0 Å². The van der Waals surface area contributed by atoms with Crippen molar-refractivity contribution in [2.45, 2.75) is 25.4 Å². The molecule has 0 spiro atoms. The van der Waals surface area contributed by atoms with Crippen molar-refractivity contribution in [3.8, 4) is 11.5 Å². The first-order chi connectivity index (χ1) is 17.4. The number of urea groups is 1. The molecular weight excluding hydrogens is 470 g/mol. The number of H-pyrrole nitrogens is 2. The monoisotopic (exact) mass is 497 g/mol. The molecule has 1 aliphatic heterocycles. The molecule has 2 aliphatic rings. The standard InChI is InChI=1S/C19H23N7O2.C4H4O4/c27-19(21-13-2-3-13)24-16-10-20-25-17(16)18-22-14-4-1-12(9-15(14)23-18)11-26-5-7-28-8-6-26;5-3(6)1-2-4(7)8/h1,4,9-10,13H,2-3,5-8,11H2,(H,20,25)(H,22,23)(H2,21,24,27);1-2H,(H,5,6)(H,7,8)/b;2-1+. The number of carboxylic acids is 2. The number of hydrogen-bond acceptors (Lipinski definition) is 7. The zero-order valence-corrected chi connectivity index (χ0v) is 19.4. The normalized spacial score (nSPS) is 15.9. The molecule has 5 rings (SSSR count). The average molecular weight is 498 g/mol. The first kappa shape index (κ1) is 24.9. The molecular formula is C23H27N7O6. The number of aliphatic carboxylic acids is 2. The molecule has 0 atom stereocenters. The van der Waals surface area contributed by atoms with Crippen LogP contribution in [-0.2, 0) is 20.9 Å². The highest BCUT2D eigenvalue weighted by atomic mass is 16.5. The van der Waals surface area contributed by atoms with Crippen molar-refractivity contribution in [3.05, 3.63) is 42.1 Å². The van der Waals surface area contributed by atoms with Crippen molar-refractivity contribution in [2.24, 2.45) is 0 Å². The quantitative estimate of drug-likeness (QED) is 0.265. The minimum absolute atomic E-state index is 0.214. The number of carbonyl (C=O) groups excluding carboxylic acids is 1. The third-order valence-electron chi connectivity index (χ3n) is 5.46. The molecule has 3 heterocycles. The van der Waals surface area contributed by atoms with Crippen LogP contribution in [0, 0.1) is 0 Å². The predicted molar refractivity (Wildman–Crippen MR) is 129 cm³/mol. The number of ether oxygens (including phenoxy) is 1. The fraction of sp³-hybridized carbons (Fsp3) is 0.348. The number of nitrogens with zero attached hydrogens (tertiary/aromatic N) is 3. The van der Waals surface area contributed by atoms with Crippen LogP contribution in [0.4, 0.5) is 10.5 Å². The molecule has 0 unspecified atom stereocenters. The molecule has 1 saturated carbocycles. The summed E-state index contributed by atoms with van der Waals surface area (Å²) in [6.07, 6.45) is 4.80. The first-order valence-electron chi connectivity index (χ1n) is 11.4. The fourth-order valence-electron chi connectivity index (χ4n) is 3.57. The third-order valence-corrected chi connectivity index (χ3v) is 5.46. The Morgan fingerprint density at radius 2 is 1.86 bits per heavy atom. The van der Waals surface area contributed by atoms with E-state index in [9.17, 15) is 14.4 Å². The van der Waals surface area contributed by atoms with E-state index >= 15 is 0 Å². The molecule has 1 saturated heterocycles. The number of amides is 2. The van der Waals surface area contributed by atoms with Gasteiger partial charge in [0.05, 0.1) is 36.1 Å². The Bertz CT molecular complexity index is 1240. The van der Waals surface area contributed by atoms with E-state index in [0.717, 1.165) is 56.7 Å². The Morgan fingerprint density at radius 1 is 1.14 bits per heavy atom. The van der Waals surface area contributed by atoms with Crippen molar-refractivity contribution in [1.29, 1.82) is 0 Å². The highest BCUT2D eigenvalue weighted by Crippen LogP contribution is 2.26. The summed E-state index contributed by atoms with van der Waals surface area (Å²) in [6, 6.07) is 6.34. The lowest BCUT2D eigenvalue weighted by Gasteiger charge is -2.26. The SMILES string of the molecule is O=C(Nc1cn[nH]c1-c1nc2ccc(CN3CCOCC3)cc2[nH]1)NC1CC1.O=C(O)/C=C/C(=O)O. The summed E-state index contributed by atoms with van der Waals surface area (Å²) in [6.45, 7) is 4.39. The Morgan fingerprint density at radius 3 is 2.53 bits per heavy atom. The van der Waals surface area contributed by atoms with Gasteiger partial charge in [-0.2, -0.15) is 5.10 Å². The van der Waals surface area contributed by atoms with Gasteiger partial charge in [0.1, 0.15) is 5.69 Å². The maximum Gasteiger partial charge on any atom is 0.328 e. The lowest BCUT2D eigenvalue weighted by Crippen LogP contribution is -2.35. The Hall–Kier alpha value is -4.23. The van der Waals surface area contributed by atoms with Crippen LogP contribution in [0.5, 0.6) is 0 Å². The number of benzene rings is 1. The van der Waals surface area contributed by atoms with Crippen molar-refractivity contribution >= 4 is 34.7 Å². The number of imidazole rings is 1. The van der Waals surface area contributed by atoms with E-state index in [2.05, 4.69) is 47.8 Å². The molecule has 0 radical (unpaired) electrons. The largest absolute Gasteiger partial charge is 0.478 e. The van der Waals surface area contributed by atoms with Crippen molar-refractivity contribution in [1.82, 2.24) is 30.4 Å². The minimum Gasteiger partial charge on any atom is -0.478 e. The van der Waals surface area contributed by atoms with Gasteiger partial charge in [0.25, 0.3) is 0 Å². The average Bonchev–Trinajstić information content (AvgIpc) is 3.36. The van der Waals surface area contributed by atoms with Gasteiger partial charge in [-0.15, -0.1) is 0 Å². The lowest BCUT2D eigenvalue weighted by molar-refractivity contribution is -0.134. The van der Waals surface area contributed by atoms with Crippen LogP contribution in [0.25, 0.3) is 22.6 Å². The van der Waals surface area contributed by atoms with Crippen LogP contribution in [0.3, 0.4) is 0 Å². The van der Waals surface area contributed by atoms with E-state index in [1.54, 1.807) is 6.20 Å². The van der Waals surface area contributed by atoms with E-state index in [1.807, 2.05) is 6.07 Å². The van der Waals surface area contributed by atoms with Crippen LogP contribution in [-0.4, -0.2) is 85.6 Å². The van der Waals surface area contributed by atoms with Gasteiger partial charge < -0.3 is 30.6 Å². The fourth-order valence-corrected chi connectivity index (χ4v) is 3.57. The number of rotatable bonds is 7. The zero-order chi connectivity index (χ0) is 25.5. The molecule has 2 amide bonds. The molecule has 0 bridgehead atoms. The molecule has 2 fully saturated rings. The van der Waals surface area contributed by atoms with E-state index in [4.69, 9.17) is 14.9 Å².